The number of benzene rings is 1. The number of halogens is 1. The SMILES string of the molecule is CCCCNC(=O)C(C)Oc1ccc(I)cc1. The average molecular weight is 347 g/mol. The van der Waals surface area contributed by atoms with Crippen molar-refractivity contribution in [1.29, 1.82) is 0 Å². The normalized spacial score (nSPS) is 11.9. The third-order valence-corrected chi connectivity index (χ3v) is 3.04. The average Bonchev–Trinajstić information content (AvgIpc) is 2.32. The molecule has 1 atom stereocenters. The molecule has 0 saturated carbocycles. The maximum Gasteiger partial charge on any atom is 0.260 e. The Bertz CT molecular complexity index is 351. The first-order chi connectivity index (χ1) is 8.13. The zero-order chi connectivity index (χ0) is 12.7. The second kappa shape index (κ2) is 7.53. The molecular formula is C13H18INO2. The van der Waals surface area contributed by atoms with Gasteiger partial charge in [0.1, 0.15) is 5.75 Å². The van der Waals surface area contributed by atoms with Crippen LogP contribution in [0.4, 0.5) is 0 Å². The number of unbranched alkanes of at least 4 members (excludes halogenated alkanes) is 1. The second-order valence-corrected chi connectivity index (χ2v) is 5.10. The fourth-order valence-electron chi connectivity index (χ4n) is 1.30. The van der Waals surface area contributed by atoms with Crippen LogP contribution >= 0.6 is 22.6 Å². The molecule has 0 fully saturated rings. The summed E-state index contributed by atoms with van der Waals surface area (Å²) in [6.07, 6.45) is 1.63. The summed E-state index contributed by atoms with van der Waals surface area (Å²) in [4.78, 5) is 11.7. The fraction of sp³-hybridized carbons (Fsp3) is 0.462. The number of ether oxygens (including phenoxy) is 1. The van der Waals surface area contributed by atoms with Crippen molar-refractivity contribution in [2.24, 2.45) is 0 Å². The van der Waals surface area contributed by atoms with E-state index < -0.39 is 6.10 Å². The lowest BCUT2D eigenvalue weighted by molar-refractivity contribution is -0.127. The summed E-state index contributed by atoms with van der Waals surface area (Å²) >= 11 is 2.23. The predicted octanol–water partition coefficient (Wildman–Crippen LogP) is 2.97. The van der Waals surface area contributed by atoms with Crippen molar-refractivity contribution in [3.8, 4) is 5.75 Å². The smallest absolute Gasteiger partial charge is 0.260 e. The molecule has 1 unspecified atom stereocenters. The lowest BCUT2D eigenvalue weighted by Crippen LogP contribution is -2.36. The van der Waals surface area contributed by atoms with Crippen LogP contribution in [0.5, 0.6) is 5.75 Å². The number of carbonyl (C=O) groups is 1. The molecule has 1 aromatic carbocycles. The van der Waals surface area contributed by atoms with E-state index in [2.05, 4.69) is 34.8 Å². The van der Waals surface area contributed by atoms with E-state index in [0.717, 1.165) is 28.7 Å². The molecule has 3 nitrogen and oxygen atoms in total. The van der Waals surface area contributed by atoms with Crippen LogP contribution in [-0.4, -0.2) is 18.6 Å². The van der Waals surface area contributed by atoms with Gasteiger partial charge >= 0.3 is 0 Å². The standard InChI is InChI=1S/C13H18INO2/c1-3-4-9-15-13(16)10(2)17-12-7-5-11(14)6-8-12/h5-8,10H,3-4,9H2,1-2H3,(H,15,16). The zero-order valence-electron chi connectivity index (χ0n) is 10.2. The first kappa shape index (κ1) is 14.3. The highest BCUT2D eigenvalue weighted by molar-refractivity contribution is 14.1. The maximum atomic E-state index is 11.7. The van der Waals surface area contributed by atoms with Crippen molar-refractivity contribution in [3.05, 3.63) is 27.8 Å². The molecule has 1 rings (SSSR count). The summed E-state index contributed by atoms with van der Waals surface area (Å²) in [6, 6.07) is 7.66. The second-order valence-electron chi connectivity index (χ2n) is 3.86. The van der Waals surface area contributed by atoms with E-state index in [9.17, 15) is 4.79 Å². The number of nitrogens with one attached hydrogen (secondary N) is 1. The van der Waals surface area contributed by atoms with Crippen molar-refractivity contribution in [2.75, 3.05) is 6.54 Å². The molecule has 0 aliphatic heterocycles. The molecule has 1 aromatic rings. The quantitative estimate of drug-likeness (QED) is 0.635. The highest BCUT2D eigenvalue weighted by Gasteiger charge is 2.13. The molecule has 0 radical (unpaired) electrons. The Morgan fingerprint density at radius 2 is 2.06 bits per heavy atom. The third-order valence-electron chi connectivity index (χ3n) is 2.33. The minimum Gasteiger partial charge on any atom is -0.481 e. The minimum atomic E-state index is -0.452. The van der Waals surface area contributed by atoms with E-state index in [1.54, 1.807) is 6.92 Å². The number of amides is 1. The Morgan fingerprint density at radius 3 is 2.65 bits per heavy atom. The molecule has 94 valence electrons. The van der Waals surface area contributed by atoms with Gasteiger partial charge in [-0.15, -0.1) is 0 Å². The molecule has 0 saturated heterocycles. The van der Waals surface area contributed by atoms with E-state index in [-0.39, 0.29) is 5.91 Å². The number of hydrogen-bond acceptors (Lipinski definition) is 2. The van der Waals surface area contributed by atoms with E-state index >= 15 is 0 Å². The van der Waals surface area contributed by atoms with Crippen LogP contribution in [0.2, 0.25) is 0 Å². The molecular weight excluding hydrogens is 329 g/mol. The number of hydrogen-bond donors (Lipinski definition) is 1. The highest BCUT2D eigenvalue weighted by Crippen LogP contribution is 2.14. The van der Waals surface area contributed by atoms with Gasteiger partial charge in [0.25, 0.3) is 5.91 Å². The lowest BCUT2D eigenvalue weighted by atomic mass is 10.3. The first-order valence-corrected chi connectivity index (χ1v) is 6.91. The Hall–Kier alpha value is -0.780. The van der Waals surface area contributed by atoms with E-state index in [1.165, 1.54) is 0 Å². The van der Waals surface area contributed by atoms with Crippen molar-refractivity contribution in [2.45, 2.75) is 32.8 Å². The van der Waals surface area contributed by atoms with Crippen LogP contribution in [-0.2, 0) is 4.79 Å². The highest BCUT2D eigenvalue weighted by atomic mass is 127. The van der Waals surface area contributed by atoms with Gasteiger partial charge in [-0.25, -0.2) is 0 Å². The Kier molecular flexibility index (Phi) is 6.32. The molecule has 0 spiro atoms. The Morgan fingerprint density at radius 1 is 1.41 bits per heavy atom. The topological polar surface area (TPSA) is 38.3 Å². The van der Waals surface area contributed by atoms with Crippen LogP contribution in [0, 0.1) is 3.57 Å². The third kappa shape index (κ3) is 5.39. The molecule has 1 N–H and O–H groups in total. The van der Waals surface area contributed by atoms with Crippen molar-refractivity contribution >= 4 is 28.5 Å². The van der Waals surface area contributed by atoms with Crippen molar-refractivity contribution in [1.82, 2.24) is 5.32 Å². The summed E-state index contributed by atoms with van der Waals surface area (Å²) in [5.41, 5.74) is 0. The summed E-state index contributed by atoms with van der Waals surface area (Å²) in [7, 11) is 0. The van der Waals surface area contributed by atoms with Gasteiger partial charge in [-0.3, -0.25) is 4.79 Å². The van der Waals surface area contributed by atoms with Gasteiger partial charge in [-0.2, -0.15) is 0 Å². The van der Waals surface area contributed by atoms with Gasteiger partial charge in [0.05, 0.1) is 0 Å². The molecule has 0 heterocycles. The van der Waals surface area contributed by atoms with Crippen LogP contribution in [0.25, 0.3) is 0 Å². The molecule has 0 aliphatic rings. The van der Waals surface area contributed by atoms with Crippen molar-refractivity contribution in [3.63, 3.8) is 0 Å². The van der Waals surface area contributed by atoms with E-state index in [0.29, 0.717) is 0 Å². The van der Waals surface area contributed by atoms with Gasteiger partial charge in [0, 0.05) is 10.1 Å². The van der Waals surface area contributed by atoms with Crippen LogP contribution in [0.1, 0.15) is 26.7 Å². The van der Waals surface area contributed by atoms with Gasteiger partial charge in [0.15, 0.2) is 6.10 Å². The monoisotopic (exact) mass is 347 g/mol. The first-order valence-electron chi connectivity index (χ1n) is 5.83. The van der Waals surface area contributed by atoms with Gasteiger partial charge in [-0.1, -0.05) is 13.3 Å². The molecule has 17 heavy (non-hydrogen) atoms. The largest absolute Gasteiger partial charge is 0.481 e. The Labute approximate surface area is 116 Å². The molecule has 0 bridgehead atoms. The predicted molar refractivity (Wildman–Crippen MR) is 77.2 cm³/mol. The summed E-state index contributed by atoms with van der Waals surface area (Å²) in [6.45, 7) is 4.58. The molecule has 0 aliphatic carbocycles. The van der Waals surface area contributed by atoms with E-state index in [4.69, 9.17) is 4.74 Å². The van der Waals surface area contributed by atoms with Crippen LogP contribution in [0.3, 0.4) is 0 Å². The molecule has 4 heteroatoms. The number of carbonyl (C=O) groups excluding carboxylic acids is 1. The van der Waals surface area contributed by atoms with Crippen LogP contribution in [0.15, 0.2) is 24.3 Å². The molecule has 1 amide bonds. The maximum absolute atomic E-state index is 11.7. The van der Waals surface area contributed by atoms with Gasteiger partial charge in [0.2, 0.25) is 0 Å². The Balaban J connectivity index is 2.40. The lowest BCUT2D eigenvalue weighted by Gasteiger charge is -2.14. The number of rotatable bonds is 6. The van der Waals surface area contributed by atoms with Crippen LogP contribution < -0.4 is 10.1 Å². The zero-order valence-corrected chi connectivity index (χ0v) is 12.4. The summed E-state index contributed by atoms with van der Waals surface area (Å²) < 4.78 is 6.69. The van der Waals surface area contributed by atoms with E-state index in [1.807, 2.05) is 24.3 Å². The van der Waals surface area contributed by atoms with Crippen molar-refractivity contribution < 1.29 is 9.53 Å². The summed E-state index contributed by atoms with van der Waals surface area (Å²) in [5, 5.41) is 2.85. The minimum absolute atomic E-state index is 0.0583. The summed E-state index contributed by atoms with van der Waals surface area (Å²) in [5.74, 6) is 0.667. The van der Waals surface area contributed by atoms with Gasteiger partial charge < -0.3 is 10.1 Å². The fourth-order valence-corrected chi connectivity index (χ4v) is 1.66. The van der Waals surface area contributed by atoms with Gasteiger partial charge in [-0.05, 0) is 60.2 Å². The molecule has 0 aromatic heterocycles.